The third kappa shape index (κ3) is 4.40. The smallest absolute Gasteiger partial charge is 0.279 e. The van der Waals surface area contributed by atoms with Crippen LogP contribution in [0.1, 0.15) is 41.4 Å². The summed E-state index contributed by atoms with van der Waals surface area (Å²) < 4.78 is 6.64. The highest BCUT2D eigenvalue weighted by Gasteiger charge is 2.12. The van der Waals surface area contributed by atoms with Crippen LogP contribution in [0.15, 0.2) is 63.9 Å². The monoisotopic (exact) mass is 416 g/mol. The molecule has 1 N–H and O–H groups in total. The Kier molecular flexibility index (Phi) is 5.66. The highest BCUT2D eigenvalue weighted by molar-refractivity contribution is 5.94. The number of nitrogens with zero attached hydrogens (tertiary/aromatic N) is 3. The van der Waals surface area contributed by atoms with Crippen molar-refractivity contribution in [2.75, 3.05) is 0 Å². The predicted octanol–water partition coefficient (Wildman–Crippen LogP) is 3.81. The Morgan fingerprint density at radius 3 is 2.52 bits per heavy atom. The number of fused-ring (bicyclic) bond motifs is 1. The number of aromatic nitrogens is 3. The topological polar surface area (TPSA) is 90.0 Å². The average molecular weight is 416 g/mol. The minimum atomic E-state index is -0.233. The first kappa shape index (κ1) is 20.5. The largest absolute Gasteiger partial charge is 0.359 e. The zero-order valence-electron chi connectivity index (χ0n) is 17.8. The van der Waals surface area contributed by atoms with Gasteiger partial charge < -0.3 is 9.84 Å². The molecule has 0 saturated carbocycles. The lowest BCUT2D eigenvalue weighted by Crippen LogP contribution is -2.24. The van der Waals surface area contributed by atoms with Gasteiger partial charge in [-0.05, 0) is 49.6 Å². The summed E-state index contributed by atoms with van der Waals surface area (Å²) in [6.45, 7) is 6.36. The fourth-order valence-electron chi connectivity index (χ4n) is 3.50. The summed E-state index contributed by atoms with van der Waals surface area (Å²) in [6.07, 6.45) is 0.834. The molecule has 0 fully saturated rings. The zero-order valence-corrected chi connectivity index (χ0v) is 17.8. The van der Waals surface area contributed by atoms with E-state index in [0.29, 0.717) is 28.3 Å². The quantitative estimate of drug-likeness (QED) is 0.516. The lowest BCUT2D eigenvalue weighted by Gasteiger charge is -2.09. The molecule has 0 bridgehead atoms. The maximum absolute atomic E-state index is 12.8. The summed E-state index contributed by atoms with van der Waals surface area (Å²) in [5.74, 6) is 0.866. The van der Waals surface area contributed by atoms with Gasteiger partial charge in [-0.15, -0.1) is 0 Å². The Morgan fingerprint density at radius 2 is 1.81 bits per heavy atom. The van der Waals surface area contributed by atoms with Crippen LogP contribution in [0.2, 0.25) is 0 Å². The van der Waals surface area contributed by atoms with Gasteiger partial charge in [-0.1, -0.05) is 37.2 Å². The molecule has 2 aromatic carbocycles. The lowest BCUT2D eigenvalue weighted by molar-refractivity contribution is 0.0947. The number of benzene rings is 2. The number of carbonyl (C=O) groups excluding carboxylic acids is 1. The Bertz CT molecular complexity index is 1290. The zero-order chi connectivity index (χ0) is 22.0. The molecule has 0 atom stereocenters. The number of amides is 1. The van der Waals surface area contributed by atoms with Crippen LogP contribution in [-0.2, 0) is 13.0 Å². The molecule has 2 aromatic heterocycles. The van der Waals surface area contributed by atoms with Crippen LogP contribution in [0, 0.1) is 12.8 Å². The highest BCUT2D eigenvalue weighted by atomic mass is 16.5. The molecule has 7 nitrogen and oxygen atoms in total. The molecule has 0 aliphatic carbocycles. The molecule has 1 amide bonds. The van der Waals surface area contributed by atoms with Crippen molar-refractivity contribution in [2.45, 2.75) is 33.7 Å². The van der Waals surface area contributed by atoms with E-state index in [4.69, 9.17) is 4.52 Å². The SMILES string of the molecule is Cc1nn(-c2ccc(C(=O)NCc3cc(CC(C)C)no3)cc2)c(=O)c2ccccc12. The number of aryl methyl sites for hydroxylation is 1. The second-order valence-electron chi connectivity index (χ2n) is 7.96. The van der Waals surface area contributed by atoms with Crippen LogP contribution in [0.25, 0.3) is 16.5 Å². The summed E-state index contributed by atoms with van der Waals surface area (Å²) in [5, 5.41) is 12.7. The third-order valence-electron chi connectivity index (χ3n) is 5.01. The van der Waals surface area contributed by atoms with Crippen LogP contribution >= 0.6 is 0 Å². The fourth-order valence-corrected chi connectivity index (χ4v) is 3.50. The Hall–Kier alpha value is -3.74. The maximum atomic E-state index is 12.8. The van der Waals surface area contributed by atoms with E-state index in [1.165, 1.54) is 4.68 Å². The molecule has 158 valence electrons. The minimum Gasteiger partial charge on any atom is -0.359 e. The lowest BCUT2D eigenvalue weighted by atomic mass is 10.1. The van der Waals surface area contributed by atoms with Crippen molar-refractivity contribution >= 4 is 16.7 Å². The number of hydrogen-bond donors (Lipinski definition) is 1. The standard InChI is InChI=1S/C24H24N4O3/c1-15(2)12-18-13-20(31-27-18)14-25-23(29)17-8-10-19(11-9-17)28-24(30)22-7-5-4-6-21(22)16(3)26-28/h4-11,13,15H,12,14H2,1-3H3,(H,25,29). The van der Waals surface area contributed by atoms with Crippen molar-refractivity contribution < 1.29 is 9.32 Å². The van der Waals surface area contributed by atoms with Gasteiger partial charge in [0, 0.05) is 17.0 Å². The van der Waals surface area contributed by atoms with Gasteiger partial charge in [0.1, 0.15) is 0 Å². The highest BCUT2D eigenvalue weighted by Crippen LogP contribution is 2.15. The van der Waals surface area contributed by atoms with Crippen LogP contribution in [0.3, 0.4) is 0 Å². The van der Waals surface area contributed by atoms with E-state index in [9.17, 15) is 9.59 Å². The summed E-state index contributed by atoms with van der Waals surface area (Å²) in [7, 11) is 0. The molecule has 0 aliphatic heterocycles. The van der Waals surface area contributed by atoms with Gasteiger partial charge in [-0.3, -0.25) is 9.59 Å². The first-order valence-electron chi connectivity index (χ1n) is 10.2. The molecule has 0 unspecified atom stereocenters. The van der Waals surface area contributed by atoms with Gasteiger partial charge in [0.05, 0.1) is 29.0 Å². The summed E-state index contributed by atoms with van der Waals surface area (Å²) in [6, 6.07) is 16.0. The van der Waals surface area contributed by atoms with Crippen molar-refractivity contribution in [1.29, 1.82) is 0 Å². The van der Waals surface area contributed by atoms with E-state index in [1.807, 2.05) is 31.2 Å². The van der Waals surface area contributed by atoms with E-state index in [-0.39, 0.29) is 18.0 Å². The van der Waals surface area contributed by atoms with Gasteiger partial charge in [-0.2, -0.15) is 9.78 Å². The first-order valence-corrected chi connectivity index (χ1v) is 10.2. The van der Waals surface area contributed by atoms with E-state index in [2.05, 4.69) is 29.4 Å². The fraction of sp³-hybridized carbons (Fsp3) is 0.250. The van der Waals surface area contributed by atoms with Gasteiger partial charge in [0.25, 0.3) is 11.5 Å². The molecular formula is C24H24N4O3. The van der Waals surface area contributed by atoms with E-state index in [0.717, 1.165) is 23.2 Å². The second kappa shape index (κ2) is 8.55. The van der Waals surface area contributed by atoms with Gasteiger partial charge in [-0.25, -0.2) is 0 Å². The first-order chi connectivity index (χ1) is 14.9. The van der Waals surface area contributed by atoms with Gasteiger partial charge in [0.15, 0.2) is 5.76 Å². The Balaban J connectivity index is 1.49. The Labute approximate surface area is 179 Å². The number of rotatable bonds is 6. The molecule has 2 heterocycles. The molecule has 0 spiro atoms. The summed E-state index contributed by atoms with van der Waals surface area (Å²) >= 11 is 0. The van der Waals surface area contributed by atoms with Crippen LogP contribution < -0.4 is 10.9 Å². The van der Waals surface area contributed by atoms with Crippen molar-refractivity contribution in [3.05, 3.63) is 87.7 Å². The molecule has 0 saturated heterocycles. The average Bonchev–Trinajstić information content (AvgIpc) is 3.21. The molecular weight excluding hydrogens is 392 g/mol. The van der Waals surface area contributed by atoms with Crippen molar-refractivity contribution in [2.24, 2.45) is 5.92 Å². The van der Waals surface area contributed by atoms with Crippen molar-refractivity contribution in [1.82, 2.24) is 20.3 Å². The maximum Gasteiger partial charge on any atom is 0.279 e. The van der Waals surface area contributed by atoms with Crippen LogP contribution in [-0.4, -0.2) is 20.8 Å². The molecule has 7 heteroatoms. The van der Waals surface area contributed by atoms with Gasteiger partial charge in [0.2, 0.25) is 0 Å². The van der Waals surface area contributed by atoms with Crippen LogP contribution in [0.4, 0.5) is 0 Å². The molecule has 0 aliphatic rings. The number of nitrogens with one attached hydrogen (secondary N) is 1. The predicted molar refractivity (Wildman–Crippen MR) is 118 cm³/mol. The molecule has 4 rings (SSSR count). The molecule has 0 radical (unpaired) electrons. The normalized spacial score (nSPS) is 11.2. The van der Waals surface area contributed by atoms with E-state index < -0.39 is 0 Å². The van der Waals surface area contributed by atoms with Crippen LogP contribution in [0.5, 0.6) is 0 Å². The van der Waals surface area contributed by atoms with Crippen molar-refractivity contribution in [3.63, 3.8) is 0 Å². The van der Waals surface area contributed by atoms with E-state index in [1.54, 1.807) is 30.3 Å². The number of hydrogen-bond acceptors (Lipinski definition) is 5. The molecule has 4 aromatic rings. The summed E-state index contributed by atoms with van der Waals surface area (Å²) in [4.78, 5) is 25.3. The molecule has 31 heavy (non-hydrogen) atoms. The second-order valence-corrected chi connectivity index (χ2v) is 7.96. The number of carbonyl (C=O) groups is 1. The van der Waals surface area contributed by atoms with E-state index >= 15 is 0 Å². The minimum absolute atomic E-state index is 0.194. The Morgan fingerprint density at radius 1 is 1.10 bits per heavy atom. The third-order valence-corrected chi connectivity index (χ3v) is 5.01. The van der Waals surface area contributed by atoms with Crippen molar-refractivity contribution in [3.8, 4) is 5.69 Å². The summed E-state index contributed by atoms with van der Waals surface area (Å²) in [5.41, 5.74) is 2.54. The van der Waals surface area contributed by atoms with Gasteiger partial charge >= 0.3 is 0 Å².